The number of piperazine rings is 1. The standard InChI is InChI=1S/C21H25FN2O2S/c1-26-18-7-6-15(12-17(18)22)14-23-8-10-24(11-9-23)21(25)20-13-16-4-2-3-5-19(16)27-20/h6-7,12-13H,2-5,8-11,14H2,1H3. The number of aryl methyl sites for hydroxylation is 2. The Morgan fingerprint density at radius 1 is 1.15 bits per heavy atom. The molecule has 144 valence electrons. The zero-order chi connectivity index (χ0) is 18.8. The molecule has 2 heterocycles. The van der Waals surface area contributed by atoms with Crippen molar-refractivity contribution in [3.63, 3.8) is 0 Å². The van der Waals surface area contributed by atoms with Crippen molar-refractivity contribution in [3.05, 3.63) is 51.0 Å². The Morgan fingerprint density at radius 2 is 1.93 bits per heavy atom. The molecule has 27 heavy (non-hydrogen) atoms. The van der Waals surface area contributed by atoms with Gasteiger partial charge in [-0.2, -0.15) is 0 Å². The highest BCUT2D eigenvalue weighted by atomic mass is 32.1. The maximum Gasteiger partial charge on any atom is 0.264 e. The Kier molecular flexibility index (Phi) is 5.45. The van der Waals surface area contributed by atoms with Crippen LogP contribution in [0.2, 0.25) is 0 Å². The van der Waals surface area contributed by atoms with E-state index in [0.717, 1.165) is 49.5 Å². The molecule has 1 fully saturated rings. The zero-order valence-electron chi connectivity index (χ0n) is 15.7. The Morgan fingerprint density at radius 3 is 2.63 bits per heavy atom. The molecule has 6 heteroatoms. The molecule has 4 rings (SSSR count). The molecule has 0 unspecified atom stereocenters. The molecule has 2 aromatic rings. The van der Waals surface area contributed by atoms with Crippen LogP contribution in [0.25, 0.3) is 0 Å². The minimum Gasteiger partial charge on any atom is -0.494 e. The van der Waals surface area contributed by atoms with Crippen LogP contribution < -0.4 is 4.74 Å². The number of carbonyl (C=O) groups is 1. The van der Waals surface area contributed by atoms with E-state index in [9.17, 15) is 9.18 Å². The first-order valence-electron chi connectivity index (χ1n) is 9.59. The molecule has 1 aromatic carbocycles. The number of ether oxygens (including phenoxy) is 1. The molecule has 1 aliphatic heterocycles. The number of amides is 1. The highest BCUT2D eigenvalue weighted by molar-refractivity contribution is 7.14. The number of benzene rings is 1. The number of methoxy groups -OCH3 is 1. The Bertz CT molecular complexity index is 804. The summed E-state index contributed by atoms with van der Waals surface area (Å²) >= 11 is 1.69. The molecule has 0 spiro atoms. The second kappa shape index (κ2) is 7.98. The Hall–Kier alpha value is -1.92. The van der Waals surface area contributed by atoms with Gasteiger partial charge in [-0.1, -0.05) is 6.07 Å². The largest absolute Gasteiger partial charge is 0.494 e. The van der Waals surface area contributed by atoms with E-state index >= 15 is 0 Å². The molecule has 0 saturated carbocycles. The monoisotopic (exact) mass is 388 g/mol. The number of hydrogen-bond donors (Lipinski definition) is 0. The third-order valence-electron chi connectivity index (χ3n) is 5.49. The van der Waals surface area contributed by atoms with Crippen LogP contribution in [-0.2, 0) is 19.4 Å². The van der Waals surface area contributed by atoms with Crippen molar-refractivity contribution < 1.29 is 13.9 Å². The topological polar surface area (TPSA) is 32.8 Å². The first kappa shape index (κ1) is 18.4. The lowest BCUT2D eigenvalue weighted by Gasteiger charge is -2.34. The van der Waals surface area contributed by atoms with E-state index in [1.807, 2.05) is 11.0 Å². The number of thiophene rings is 1. The van der Waals surface area contributed by atoms with Crippen LogP contribution in [-0.4, -0.2) is 49.0 Å². The van der Waals surface area contributed by atoms with Gasteiger partial charge in [-0.3, -0.25) is 9.69 Å². The molecule has 0 radical (unpaired) electrons. The lowest BCUT2D eigenvalue weighted by Crippen LogP contribution is -2.48. The molecule has 1 saturated heterocycles. The van der Waals surface area contributed by atoms with Gasteiger partial charge in [0.15, 0.2) is 11.6 Å². The van der Waals surface area contributed by atoms with Crippen molar-refractivity contribution in [2.75, 3.05) is 33.3 Å². The molecule has 4 nitrogen and oxygen atoms in total. The fourth-order valence-electron chi connectivity index (χ4n) is 3.93. The maximum absolute atomic E-state index is 13.9. The SMILES string of the molecule is COc1ccc(CN2CCN(C(=O)c3cc4c(s3)CCCC4)CC2)cc1F. The van der Waals surface area contributed by atoms with E-state index in [4.69, 9.17) is 4.74 Å². The summed E-state index contributed by atoms with van der Waals surface area (Å²) in [5.41, 5.74) is 2.31. The third kappa shape index (κ3) is 4.01. The van der Waals surface area contributed by atoms with Crippen LogP contribution in [0.15, 0.2) is 24.3 Å². The van der Waals surface area contributed by atoms with E-state index in [1.54, 1.807) is 17.4 Å². The minimum absolute atomic E-state index is 0.171. The number of halogens is 1. The summed E-state index contributed by atoms with van der Waals surface area (Å²) in [6.45, 7) is 3.76. The van der Waals surface area contributed by atoms with Crippen LogP contribution in [0.3, 0.4) is 0 Å². The number of fused-ring (bicyclic) bond motifs is 1. The quantitative estimate of drug-likeness (QED) is 0.800. The predicted octanol–water partition coefficient (Wildman–Crippen LogP) is 3.73. The molecule has 0 bridgehead atoms. The number of hydrogen-bond acceptors (Lipinski definition) is 4. The van der Waals surface area contributed by atoms with Crippen LogP contribution in [0.4, 0.5) is 4.39 Å². The molecule has 1 aromatic heterocycles. The third-order valence-corrected chi connectivity index (χ3v) is 6.71. The average Bonchev–Trinajstić information content (AvgIpc) is 3.12. The normalized spacial score (nSPS) is 17.6. The summed E-state index contributed by atoms with van der Waals surface area (Å²) in [4.78, 5) is 19.4. The smallest absolute Gasteiger partial charge is 0.264 e. The first-order chi connectivity index (χ1) is 13.1. The van der Waals surface area contributed by atoms with E-state index < -0.39 is 0 Å². The number of rotatable bonds is 4. The molecule has 0 atom stereocenters. The van der Waals surface area contributed by atoms with Crippen LogP contribution in [0.5, 0.6) is 5.75 Å². The van der Waals surface area contributed by atoms with Crippen molar-refractivity contribution >= 4 is 17.2 Å². The van der Waals surface area contributed by atoms with Crippen LogP contribution in [0.1, 0.15) is 38.5 Å². The van der Waals surface area contributed by atoms with E-state index in [1.165, 1.54) is 36.5 Å². The lowest BCUT2D eigenvalue weighted by atomic mass is 9.99. The van der Waals surface area contributed by atoms with Gasteiger partial charge in [-0.15, -0.1) is 11.3 Å². The minimum atomic E-state index is -0.328. The fraction of sp³-hybridized carbons (Fsp3) is 0.476. The Balaban J connectivity index is 1.34. The van der Waals surface area contributed by atoms with Gasteiger partial charge >= 0.3 is 0 Å². The van der Waals surface area contributed by atoms with Gasteiger partial charge in [0.05, 0.1) is 12.0 Å². The van der Waals surface area contributed by atoms with E-state index in [2.05, 4.69) is 11.0 Å². The highest BCUT2D eigenvalue weighted by Gasteiger charge is 2.25. The van der Waals surface area contributed by atoms with Crippen molar-refractivity contribution in [3.8, 4) is 5.75 Å². The second-order valence-electron chi connectivity index (χ2n) is 7.30. The summed E-state index contributed by atoms with van der Waals surface area (Å²) in [5.74, 6) is 0.114. The first-order valence-corrected chi connectivity index (χ1v) is 10.4. The average molecular weight is 389 g/mol. The van der Waals surface area contributed by atoms with Crippen molar-refractivity contribution in [1.29, 1.82) is 0 Å². The van der Waals surface area contributed by atoms with Crippen molar-refractivity contribution in [1.82, 2.24) is 9.80 Å². The van der Waals surface area contributed by atoms with Gasteiger partial charge in [0.25, 0.3) is 5.91 Å². The zero-order valence-corrected chi connectivity index (χ0v) is 16.5. The predicted molar refractivity (Wildman–Crippen MR) is 105 cm³/mol. The van der Waals surface area contributed by atoms with Gasteiger partial charge in [0, 0.05) is 37.6 Å². The Labute approximate surface area is 163 Å². The second-order valence-corrected chi connectivity index (χ2v) is 8.44. The van der Waals surface area contributed by atoms with Gasteiger partial charge in [-0.05, 0) is 55.0 Å². The van der Waals surface area contributed by atoms with E-state index in [-0.39, 0.29) is 17.5 Å². The summed E-state index contributed by atoms with van der Waals surface area (Å²) in [5, 5.41) is 0. The molecular weight excluding hydrogens is 363 g/mol. The van der Waals surface area contributed by atoms with Gasteiger partial charge < -0.3 is 9.64 Å². The highest BCUT2D eigenvalue weighted by Crippen LogP contribution is 2.30. The summed E-state index contributed by atoms with van der Waals surface area (Å²) < 4.78 is 18.8. The summed E-state index contributed by atoms with van der Waals surface area (Å²) in [7, 11) is 1.47. The lowest BCUT2D eigenvalue weighted by molar-refractivity contribution is 0.0633. The molecule has 2 aliphatic rings. The number of nitrogens with zero attached hydrogens (tertiary/aromatic N) is 2. The van der Waals surface area contributed by atoms with Gasteiger partial charge in [-0.25, -0.2) is 4.39 Å². The van der Waals surface area contributed by atoms with Crippen molar-refractivity contribution in [2.45, 2.75) is 32.2 Å². The molecular formula is C21H25FN2O2S. The maximum atomic E-state index is 13.9. The summed E-state index contributed by atoms with van der Waals surface area (Å²) in [6.07, 6.45) is 4.72. The summed E-state index contributed by atoms with van der Waals surface area (Å²) in [6, 6.07) is 7.22. The molecule has 1 aliphatic carbocycles. The van der Waals surface area contributed by atoms with E-state index in [0.29, 0.717) is 6.54 Å². The molecule has 1 amide bonds. The van der Waals surface area contributed by atoms with Gasteiger partial charge in [0.1, 0.15) is 0 Å². The van der Waals surface area contributed by atoms with Crippen LogP contribution in [0, 0.1) is 5.82 Å². The van der Waals surface area contributed by atoms with Crippen molar-refractivity contribution in [2.24, 2.45) is 0 Å². The fourth-order valence-corrected chi connectivity index (χ4v) is 5.15. The van der Waals surface area contributed by atoms with Gasteiger partial charge in [0.2, 0.25) is 0 Å². The molecule has 0 N–H and O–H groups in total. The number of carbonyl (C=O) groups excluding carboxylic acids is 1. The van der Waals surface area contributed by atoms with Crippen LogP contribution >= 0.6 is 11.3 Å².